The van der Waals surface area contributed by atoms with Gasteiger partial charge in [-0.3, -0.25) is 0 Å². The van der Waals surface area contributed by atoms with Gasteiger partial charge in [0, 0.05) is 16.1 Å². The Bertz CT molecular complexity index is 1300. The molecule has 0 saturated heterocycles. The van der Waals surface area contributed by atoms with Crippen LogP contribution in [0.15, 0.2) is 61.3 Å². The summed E-state index contributed by atoms with van der Waals surface area (Å²) in [6.45, 7) is 6.45. The Labute approximate surface area is 207 Å². The van der Waals surface area contributed by atoms with Gasteiger partial charge in [0.2, 0.25) is 0 Å². The Morgan fingerprint density at radius 2 is 2.00 bits per heavy atom. The molecule has 0 spiro atoms. The number of ether oxygens (including phenoxy) is 1. The summed E-state index contributed by atoms with van der Waals surface area (Å²) >= 11 is 12.5. The number of benzene rings is 2. The van der Waals surface area contributed by atoms with Gasteiger partial charge in [0.15, 0.2) is 0 Å². The van der Waals surface area contributed by atoms with Crippen LogP contribution in [0, 0.1) is 5.41 Å². The summed E-state index contributed by atoms with van der Waals surface area (Å²) in [4.78, 5) is 4.10. The number of halogens is 2. The van der Waals surface area contributed by atoms with Gasteiger partial charge in [0.25, 0.3) is 0 Å². The second-order valence-electron chi connectivity index (χ2n) is 8.81. The van der Waals surface area contributed by atoms with Crippen LogP contribution < -0.4 is 0 Å². The fraction of sp³-hybridized carbons (Fsp3) is 0.250. The van der Waals surface area contributed by atoms with Gasteiger partial charge in [0.05, 0.1) is 24.2 Å². The summed E-state index contributed by atoms with van der Waals surface area (Å²) in [5, 5.41) is 23.5. The zero-order valence-corrected chi connectivity index (χ0v) is 20.4. The lowest BCUT2D eigenvalue weighted by molar-refractivity contribution is 0.00609. The summed E-state index contributed by atoms with van der Waals surface area (Å²) in [5.74, 6) is 0.155. The third-order valence-electron chi connectivity index (χ3n) is 5.04. The molecule has 34 heavy (non-hydrogen) atoms. The van der Waals surface area contributed by atoms with Crippen LogP contribution in [0.4, 0.5) is 0 Å². The fourth-order valence-electron chi connectivity index (χ4n) is 3.46. The molecule has 0 radical (unpaired) electrons. The monoisotopic (exact) mass is 498 g/mol. The average Bonchev–Trinajstić information content (AvgIpc) is 3.46. The predicted molar refractivity (Wildman–Crippen MR) is 132 cm³/mol. The molecule has 0 aliphatic rings. The minimum atomic E-state index is -0.396. The molecular formula is C24H24Cl2N6O2. The van der Waals surface area contributed by atoms with Gasteiger partial charge in [-0.1, -0.05) is 61.3 Å². The maximum Gasteiger partial charge on any atom is 0.138 e. The quantitative estimate of drug-likeness (QED) is 0.361. The molecule has 0 aliphatic carbocycles. The van der Waals surface area contributed by atoms with Crippen molar-refractivity contribution in [1.82, 2.24) is 29.8 Å². The molecule has 0 fully saturated rings. The van der Waals surface area contributed by atoms with Crippen molar-refractivity contribution in [3.8, 4) is 11.4 Å². The van der Waals surface area contributed by atoms with Gasteiger partial charge in [-0.15, -0.1) is 5.10 Å². The van der Waals surface area contributed by atoms with Crippen molar-refractivity contribution in [3.05, 3.63) is 82.6 Å². The Morgan fingerprint density at radius 1 is 1.18 bits per heavy atom. The molecule has 2 heterocycles. The number of nitrogens with zero attached hydrogens (tertiary/aromatic N) is 6. The highest BCUT2D eigenvalue weighted by atomic mass is 35.5. The van der Waals surface area contributed by atoms with Crippen molar-refractivity contribution >= 4 is 35.0 Å². The molecule has 4 aromatic rings. The zero-order valence-electron chi connectivity index (χ0n) is 18.9. The minimum Gasteiger partial charge on any atom is -0.508 e. The SMILES string of the molecule is CC(C)(C)C(OCc1cn(-c2cccc(O)c2)nn1)/C(=C/c1ccc(Cl)cc1Cl)n1cncn1. The molecule has 176 valence electrons. The zero-order chi connectivity index (χ0) is 24.3. The summed E-state index contributed by atoms with van der Waals surface area (Å²) in [7, 11) is 0. The molecule has 1 N–H and O–H groups in total. The summed E-state index contributed by atoms with van der Waals surface area (Å²) in [5.41, 5.74) is 2.57. The Morgan fingerprint density at radius 3 is 2.68 bits per heavy atom. The van der Waals surface area contributed by atoms with Crippen molar-refractivity contribution in [1.29, 1.82) is 0 Å². The number of aromatic hydroxyl groups is 1. The second-order valence-corrected chi connectivity index (χ2v) is 9.65. The van der Waals surface area contributed by atoms with Crippen molar-refractivity contribution in [2.75, 3.05) is 0 Å². The Kier molecular flexibility index (Phi) is 7.02. The summed E-state index contributed by atoms with van der Waals surface area (Å²) in [6.07, 6.45) is 6.39. The second kappa shape index (κ2) is 9.97. The van der Waals surface area contributed by atoms with Crippen LogP contribution in [0.2, 0.25) is 10.0 Å². The molecular weight excluding hydrogens is 475 g/mol. The third kappa shape index (κ3) is 5.64. The molecule has 2 aromatic carbocycles. The molecule has 0 bridgehead atoms. The van der Waals surface area contributed by atoms with Crippen molar-refractivity contribution in [2.45, 2.75) is 33.5 Å². The van der Waals surface area contributed by atoms with E-state index < -0.39 is 6.10 Å². The van der Waals surface area contributed by atoms with E-state index in [0.717, 1.165) is 11.3 Å². The molecule has 0 saturated carbocycles. The maximum absolute atomic E-state index is 9.73. The van der Waals surface area contributed by atoms with E-state index in [-0.39, 0.29) is 17.8 Å². The van der Waals surface area contributed by atoms with Crippen LogP contribution in [-0.4, -0.2) is 41.0 Å². The van der Waals surface area contributed by atoms with E-state index in [1.807, 2.05) is 18.2 Å². The Hall–Kier alpha value is -3.20. The summed E-state index contributed by atoms with van der Waals surface area (Å²) in [6, 6.07) is 12.1. The van der Waals surface area contributed by atoms with Gasteiger partial charge in [0.1, 0.15) is 30.2 Å². The van der Waals surface area contributed by atoms with Gasteiger partial charge in [-0.05, 0) is 41.3 Å². The van der Waals surface area contributed by atoms with E-state index in [0.29, 0.717) is 21.4 Å². The van der Waals surface area contributed by atoms with Gasteiger partial charge < -0.3 is 9.84 Å². The average molecular weight is 499 g/mol. The normalized spacial score (nSPS) is 13.3. The molecule has 10 heteroatoms. The molecule has 0 amide bonds. The summed E-state index contributed by atoms with van der Waals surface area (Å²) < 4.78 is 9.66. The molecule has 1 unspecified atom stereocenters. The topological polar surface area (TPSA) is 90.9 Å². The lowest BCUT2D eigenvalue weighted by atomic mass is 9.86. The Balaban J connectivity index is 1.64. The first-order valence-corrected chi connectivity index (χ1v) is 11.3. The van der Waals surface area contributed by atoms with E-state index in [9.17, 15) is 5.11 Å². The number of hydrogen-bond donors (Lipinski definition) is 1. The van der Waals surface area contributed by atoms with Crippen molar-refractivity contribution < 1.29 is 9.84 Å². The first kappa shape index (κ1) is 23.9. The highest BCUT2D eigenvalue weighted by Gasteiger charge is 2.31. The number of hydrogen-bond acceptors (Lipinski definition) is 6. The molecule has 1 atom stereocenters. The van der Waals surface area contributed by atoms with Crippen LogP contribution >= 0.6 is 23.2 Å². The van der Waals surface area contributed by atoms with E-state index >= 15 is 0 Å². The van der Waals surface area contributed by atoms with Crippen molar-refractivity contribution in [3.63, 3.8) is 0 Å². The van der Waals surface area contributed by atoms with Crippen molar-refractivity contribution in [2.24, 2.45) is 5.41 Å². The van der Waals surface area contributed by atoms with Crippen LogP contribution in [0.5, 0.6) is 5.75 Å². The highest BCUT2D eigenvalue weighted by Crippen LogP contribution is 2.34. The van der Waals surface area contributed by atoms with Crippen LogP contribution in [0.3, 0.4) is 0 Å². The molecule has 8 nitrogen and oxygen atoms in total. The van der Waals surface area contributed by atoms with E-state index in [1.165, 1.54) is 6.33 Å². The number of aromatic nitrogens is 6. The number of phenols is 1. The van der Waals surface area contributed by atoms with Gasteiger partial charge >= 0.3 is 0 Å². The molecule has 4 rings (SSSR count). The number of rotatable bonds is 7. The highest BCUT2D eigenvalue weighted by molar-refractivity contribution is 6.35. The molecule has 2 aromatic heterocycles. The van der Waals surface area contributed by atoms with Crippen LogP contribution in [-0.2, 0) is 11.3 Å². The lowest BCUT2D eigenvalue weighted by Crippen LogP contribution is -2.33. The maximum atomic E-state index is 9.73. The predicted octanol–water partition coefficient (Wildman–Crippen LogP) is 5.50. The van der Waals surface area contributed by atoms with Gasteiger partial charge in [-0.2, -0.15) is 5.10 Å². The molecule has 0 aliphatic heterocycles. The van der Waals surface area contributed by atoms with E-state index in [1.54, 1.807) is 52.2 Å². The largest absolute Gasteiger partial charge is 0.508 e. The third-order valence-corrected chi connectivity index (χ3v) is 5.60. The van der Waals surface area contributed by atoms with E-state index in [2.05, 4.69) is 41.2 Å². The van der Waals surface area contributed by atoms with Crippen LogP contribution in [0.25, 0.3) is 17.5 Å². The first-order valence-electron chi connectivity index (χ1n) is 10.5. The first-order chi connectivity index (χ1) is 16.2. The lowest BCUT2D eigenvalue weighted by Gasteiger charge is -2.32. The standard InChI is InChI=1S/C24H24Cl2N6O2/c1-24(2,3)23(34-13-18-12-31(30-29-18)19-5-4-6-20(33)11-19)22(32-15-27-14-28-32)9-16-7-8-17(25)10-21(16)26/h4-12,14-15,23,33H,13H2,1-3H3/b22-9-. The van der Waals surface area contributed by atoms with E-state index in [4.69, 9.17) is 27.9 Å². The van der Waals surface area contributed by atoms with Crippen LogP contribution in [0.1, 0.15) is 32.0 Å². The fourth-order valence-corrected chi connectivity index (χ4v) is 3.92. The smallest absolute Gasteiger partial charge is 0.138 e. The van der Waals surface area contributed by atoms with Gasteiger partial charge in [-0.25, -0.2) is 14.3 Å². The minimum absolute atomic E-state index is 0.155. The number of phenolic OH excluding ortho intramolecular Hbond substituents is 1.